The molecule has 3 N–H and O–H groups in total. The zero-order valence-electron chi connectivity index (χ0n) is 10.3. The summed E-state index contributed by atoms with van der Waals surface area (Å²) in [6, 6.07) is 4.12. The third kappa shape index (κ3) is 1.61. The molecular formula is C14H15N3O. The van der Waals surface area contributed by atoms with E-state index in [0.717, 1.165) is 41.9 Å². The second-order valence-electron chi connectivity index (χ2n) is 4.73. The molecule has 0 atom stereocenters. The molecule has 0 unspecified atom stereocenters. The van der Waals surface area contributed by atoms with Gasteiger partial charge in [0.2, 0.25) is 0 Å². The lowest BCUT2D eigenvalue weighted by atomic mass is 10.0. The number of nitrogens with two attached hydrogens (primary N) is 1. The second kappa shape index (κ2) is 3.98. The Hall–Kier alpha value is -2.10. The highest BCUT2D eigenvalue weighted by atomic mass is 16.1. The third-order valence-electron chi connectivity index (χ3n) is 3.46. The molecule has 92 valence electrons. The molecule has 0 aromatic carbocycles. The molecule has 2 heterocycles. The van der Waals surface area contributed by atoms with Crippen molar-refractivity contribution in [3.8, 4) is 11.3 Å². The van der Waals surface area contributed by atoms with E-state index < -0.39 is 5.91 Å². The van der Waals surface area contributed by atoms with Crippen molar-refractivity contribution in [1.29, 1.82) is 0 Å². The summed E-state index contributed by atoms with van der Waals surface area (Å²) in [5.41, 5.74) is 11.0. The monoisotopic (exact) mass is 241 g/mol. The molecule has 0 spiro atoms. The van der Waals surface area contributed by atoms with Gasteiger partial charge >= 0.3 is 0 Å². The molecule has 0 aliphatic heterocycles. The van der Waals surface area contributed by atoms with Crippen LogP contribution in [0, 0.1) is 6.92 Å². The first-order chi connectivity index (χ1) is 8.66. The summed E-state index contributed by atoms with van der Waals surface area (Å²) >= 11 is 0. The summed E-state index contributed by atoms with van der Waals surface area (Å²) in [7, 11) is 0. The van der Waals surface area contributed by atoms with E-state index in [1.54, 1.807) is 6.20 Å². The van der Waals surface area contributed by atoms with Crippen LogP contribution in [0.25, 0.3) is 11.3 Å². The molecule has 18 heavy (non-hydrogen) atoms. The molecule has 2 aromatic heterocycles. The topological polar surface area (TPSA) is 71.8 Å². The number of nitrogens with zero attached hydrogens (tertiary/aromatic N) is 1. The lowest BCUT2D eigenvalue weighted by Crippen LogP contribution is -2.11. The number of carbonyl (C=O) groups excluding carboxylic acids is 1. The van der Waals surface area contributed by atoms with Crippen molar-refractivity contribution in [3.05, 3.63) is 40.8 Å². The van der Waals surface area contributed by atoms with Gasteiger partial charge in [-0.1, -0.05) is 6.07 Å². The van der Waals surface area contributed by atoms with Gasteiger partial charge in [-0.3, -0.25) is 9.78 Å². The molecule has 0 fully saturated rings. The van der Waals surface area contributed by atoms with Crippen LogP contribution in [0.3, 0.4) is 0 Å². The molecule has 3 rings (SSSR count). The van der Waals surface area contributed by atoms with E-state index in [1.165, 1.54) is 5.56 Å². The van der Waals surface area contributed by atoms with E-state index in [4.69, 9.17) is 5.73 Å². The van der Waals surface area contributed by atoms with Crippen LogP contribution < -0.4 is 5.73 Å². The molecule has 2 aromatic rings. The Balaban J connectivity index is 2.31. The van der Waals surface area contributed by atoms with Crippen molar-refractivity contribution in [3.63, 3.8) is 0 Å². The van der Waals surface area contributed by atoms with Gasteiger partial charge in [0.1, 0.15) is 0 Å². The number of hydrogen-bond donors (Lipinski definition) is 2. The Morgan fingerprint density at radius 1 is 1.39 bits per heavy atom. The first kappa shape index (κ1) is 11.0. The normalized spacial score (nSPS) is 13.6. The standard InChI is InChI=1S/C14H15N3O/c1-8-5-6-9-3-2-4-11-12(13(9)17-8)10(7-16-11)14(15)18/h5-7,16H,2-4H2,1H3,(H2,15,18). The minimum absolute atomic E-state index is 0.399. The average molecular weight is 241 g/mol. The van der Waals surface area contributed by atoms with Crippen LogP contribution >= 0.6 is 0 Å². The van der Waals surface area contributed by atoms with Crippen molar-refractivity contribution in [2.75, 3.05) is 0 Å². The summed E-state index contributed by atoms with van der Waals surface area (Å²) in [6.07, 6.45) is 4.68. The van der Waals surface area contributed by atoms with E-state index in [-0.39, 0.29) is 0 Å². The number of fused-ring (bicyclic) bond motifs is 3. The third-order valence-corrected chi connectivity index (χ3v) is 3.46. The van der Waals surface area contributed by atoms with Gasteiger partial charge in [0.15, 0.2) is 0 Å². The lowest BCUT2D eigenvalue weighted by molar-refractivity contribution is 0.100. The van der Waals surface area contributed by atoms with Gasteiger partial charge in [-0.15, -0.1) is 0 Å². The second-order valence-corrected chi connectivity index (χ2v) is 4.73. The highest BCUT2D eigenvalue weighted by Crippen LogP contribution is 2.33. The Morgan fingerprint density at radius 3 is 3.00 bits per heavy atom. The Kier molecular flexibility index (Phi) is 2.44. The minimum Gasteiger partial charge on any atom is -0.366 e. The maximum Gasteiger partial charge on any atom is 0.250 e. The Morgan fingerprint density at radius 2 is 2.22 bits per heavy atom. The zero-order chi connectivity index (χ0) is 12.7. The van der Waals surface area contributed by atoms with Gasteiger partial charge in [-0.25, -0.2) is 0 Å². The number of pyridine rings is 1. The van der Waals surface area contributed by atoms with Crippen LogP contribution in [-0.4, -0.2) is 15.9 Å². The fourth-order valence-corrected chi connectivity index (χ4v) is 2.59. The number of primary amides is 1. The van der Waals surface area contributed by atoms with E-state index >= 15 is 0 Å². The van der Waals surface area contributed by atoms with Gasteiger partial charge in [0.05, 0.1) is 11.3 Å². The SMILES string of the molecule is Cc1ccc2c(n1)-c1c(C(N)=O)c[nH]c1CCC2. The van der Waals surface area contributed by atoms with Gasteiger partial charge < -0.3 is 10.7 Å². The summed E-state index contributed by atoms with van der Waals surface area (Å²) < 4.78 is 0. The smallest absolute Gasteiger partial charge is 0.250 e. The number of nitrogens with one attached hydrogen (secondary N) is 1. The highest BCUT2D eigenvalue weighted by molar-refractivity contribution is 6.00. The predicted octanol–water partition coefficient (Wildman–Crippen LogP) is 1.97. The van der Waals surface area contributed by atoms with E-state index in [2.05, 4.69) is 16.0 Å². The van der Waals surface area contributed by atoms with E-state index in [0.29, 0.717) is 5.56 Å². The summed E-state index contributed by atoms with van der Waals surface area (Å²) in [5.74, 6) is -0.399. The molecule has 0 saturated carbocycles. The van der Waals surface area contributed by atoms with Crippen LogP contribution in [-0.2, 0) is 12.8 Å². The molecular weight excluding hydrogens is 226 g/mol. The maximum absolute atomic E-state index is 11.5. The summed E-state index contributed by atoms with van der Waals surface area (Å²) in [6.45, 7) is 1.96. The lowest BCUT2D eigenvalue weighted by Gasteiger charge is -2.07. The van der Waals surface area contributed by atoms with Crippen LogP contribution in [0.2, 0.25) is 0 Å². The molecule has 4 nitrogen and oxygen atoms in total. The maximum atomic E-state index is 11.5. The van der Waals surface area contributed by atoms with Crippen molar-refractivity contribution in [1.82, 2.24) is 9.97 Å². The molecule has 0 radical (unpaired) electrons. The van der Waals surface area contributed by atoms with Crippen molar-refractivity contribution in [2.45, 2.75) is 26.2 Å². The van der Waals surface area contributed by atoms with Crippen LogP contribution in [0.1, 0.15) is 33.7 Å². The molecule has 1 aliphatic rings. The van der Waals surface area contributed by atoms with Gasteiger partial charge in [0, 0.05) is 23.1 Å². The van der Waals surface area contributed by atoms with Gasteiger partial charge in [0.25, 0.3) is 5.91 Å². The highest BCUT2D eigenvalue weighted by Gasteiger charge is 2.22. The molecule has 1 amide bonds. The number of H-pyrrole nitrogens is 1. The predicted molar refractivity (Wildman–Crippen MR) is 69.3 cm³/mol. The number of carbonyl (C=O) groups is 1. The van der Waals surface area contributed by atoms with Crippen molar-refractivity contribution in [2.24, 2.45) is 5.73 Å². The summed E-state index contributed by atoms with van der Waals surface area (Å²) in [5, 5.41) is 0. The van der Waals surface area contributed by atoms with E-state index in [1.807, 2.05) is 13.0 Å². The first-order valence-corrected chi connectivity index (χ1v) is 6.14. The zero-order valence-corrected chi connectivity index (χ0v) is 10.3. The van der Waals surface area contributed by atoms with Crippen molar-refractivity contribution >= 4 is 5.91 Å². The number of hydrogen-bond acceptors (Lipinski definition) is 2. The number of aromatic nitrogens is 2. The van der Waals surface area contributed by atoms with Crippen molar-refractivity contribution < 1.29 is 4.79 Å². The molecule has 4 heteroatoms. The number of aromatic amines is 1. The number of aryl methyl sites for hydroxylation is 3. The van der Waals surface area contributed by atoms with Crippen LogP contribution in [0.15, 0.2) is 18.3 Å². The summed E-state index contributed by atoms with van der Waals surface area (Å²) in [4.78, 5) is 19.3. The van der Waals surface area contributed by atoms with Crippen LogP contribution in [0.5, 0.6) is 0 Å². The Bertz CT molecular complexity index is 628. The van der Waals surface area contributed by atoms with Gasteiger partial charge in [-0.2, -0.15) is 0 Å². The molecule has 0 saturated heterocycles. The first-order valence-electron chi connectivity index (χ1n) is 6.14. The van der Waals surface area contributed by atoms with E-state index in [9.17, 15) is 4.79 Å². The fraction of sp³-hybridized carbons (Fsp3) is 0.286. The number of amides is 1. The molecule has 0 bridgehead atoms. The largest absolute Gasteiger partial charge is 0.366 e. The molecule has 1 aliphatic carbocycles. The number of rotatable bonds is 1. The fourth-order valence-electron chi connectivity index (χ4n) is 2.59. The quantitative estimate of drug-likeness (QED) is 0.801. The minimum atomic E-state index is -0.399. The average Bonchev–Trinajstić information content (AvgIpc) is 2.67. The Labute approximate surface area is 105 Å². The van der Waals surface area contributed by atoms with Gasteiger partial charge in [-0.05, 0) is 37.8 Å². The van der Waals surface area contributed by atoms with Crippen LogP contribution in [0.4, 0.5) is 0 Å².